The molecule has 0 amide bonds. The number of hydrogen-bond donors (Lipinski definition) is 0. The molecular weight excluding hydrogens is 405 g/mol. The lowest BCUT2D eigenvalue weighted by Crippen LogP contribution is -2.12. The van der Waals surface area contributed by atoms with Crippen molar-refractivity contribution in [3.8, 4) is 11.5 Å². The van der Waals surface area contributed by atoms with Crippen molar-refractivity contribution in [2.45, 2.75) is 12.4 Å². The van der Waals surface area contributed by atoms with Gasteiger partial charge in [-0.1, -0.05) is 0 Å². The molecule has 2 aromatic carbocycles. The molecule has 0 aliphatic carbocycles. The Hall–Kier alpha value is -3.24. The molecule has 0 saturated heterocycles. The number of halogens is 6. The molecule has 0 aliphatic heterocycles. The highest BCUT2D eigenvalue weighted by molar-refractivity contribution is 6.21. The van der Waals surface area contributed by atoms with Crippen LogP contribution in [-0.4, -0.2) is 7.69 Å². The first kappa shape index (κ1) is 19.1. The monoisotopic (exact) mass is 413 g/mol. The highest BCUT2D eigenvalue weighted by Gasteiger charge is 2.35. The van der Waals surface area contributed by atoms with E-state index in [1.54, 1.807) is 0 Å². The lowest BCUT2D eigenvalue weighted by atomic mass is 10.1. The average molecular weight is 413 g/mol. The number of furan rings is 2. The fourth-order valence-electron chi connectivity index (χ4n) is 2.88. The third-order valence-corrected chi connectivity index (χ3v) is 4.12. The van der Waals surface area contributed by atoms with Gasteiger partial charge in [0.05, 0.1) is 23.7 Å². The van der Waals surface area contributed by atoms with Gasteiger partial charge in [0.25, 0.3) is 0 Å². The van der Waals surface area contributed by atoms with Gasteiger partial charge in [-0.3, -0.25) is 0 Å². The molecule has 149 valence electrons. The van der Waals surface area contributed by atoms with Crippen LogP contribution in [0.5, 0.6) is 11.5 Å². The van der Waals surface area contributed by atoms with Crippen LogP contribution in [0, 0.1) is 0 Å². The maximum atomic E-state index is 13.0. The van der Waals surface area contributed by atoms with E-state index < -0.39 is 23.5 Å². The van der Waals surface area contributed by atoms with Crippen LogP contribution < -0.4 is 9.31 Å². The molecule has 0 fully saturated rings. The fraction of sp³-hybridized carbons (Fsp3) is 0.111. The molecule has 0 N–H and O–H groups in total. The minimum absolute atomic E-state index is 0.0689. The summed E-state index contributed by atoms with van der Waals surface area (Å²) in [5, 5.41) is -0.405. The molecule has 0 spiro atoms. The third kappa shape index (κ3) is 3.48. The van der Waals surface area contributed by atoms with Crippen LogP contribution in [0.3, 0.4) is 0 Å². The molecule has 4 rings (SSSR count). The van der Waals surface area contributed by atoms with Gasteiger partial charge in [0.15, 0.2) is 11.2 Å². The zero-order chi connectivity index (χ0) is 20.8. The van der Waals surface area contributed by atoms with Crippen LogP contribution >= 0.6 is 0 Å². The van der Waals surface area contributed by atoms with Gasteiger partial charge in [0, 0.05) is 10.8 Å². The lowest BCUT2D eigenvalue weighted by molar-refractivity contribution is -0.137. The average Bonchev–Trinajstić information content (AvgIpc) is 3.29. The standard InChI is InChI=1S/C18H8BF6O4/c20-17(21,22)11-1-3-13(15-9(11)5-7-26-15)28-19-29-14-4-2-12(18(23,24)25)10-6-8-27-16(10)14/h1-8H. The number of hydrogen-bond acceptors (Lipinski definition) is 4. The van der Waals surface area contributed by atoms with Gasteiger partial charge in [-0.15, -0.1) is 0 Å². The minimum Gasteiger partial charge on any atom is -0.524 e. The molecule has 0 atom stereocenters. The zero-order valence-corrected chi connectivity index (χ0v) is 14.1. The topological polar surface area (TPSA) is 44.7 Å². The van der Waals surface area contributed by atoms with Crippen LogP contribution in [-0.2, 0) is 12.4 Å². The van der Waals surface area contributed by atoms with Crippen LogP contribution in [0.15, 0.2) is 57.8 Å². The highest BCUT2D eigenvalue weighted by atomic mass is 19.4. The molecule has 0 unspecified atom stereocenters. The summed E-state index contributed by atoms with van der Waals surface area (Å²) < 4.78 is 98.7. The van der Waals surface area contributed by atoms with Gasteiger partial charge >= 0.3 is 20.0 Å². The fourth-order valence-corrected chi connectivity index (χ4v) is 2.88. The molecule has 2 heterocycles. The second-order valence-corrected chi connectivity index (χ2v) is 5.88. The SMILES string of the molecule is FC(F)(F)c1ccc(O[B]Oc2ccc(C(F)(F)F)c3ccoc23)c2occc12. The van der Waals surface area contributed by atoms with Gasteiger partial charge in [0.2, 0.25) is 0 Å². The first-order valence-corrected chi connectivity index (χ1v) is 7.96. The first-order chi connectivity index (χ1) is 13.7. The van der Waals surface area contributed by atoms with Crippen molar-refractivity contribution < 1.29 is 44.5 Å². The predicted octanol–water partition coefficient (Wildman–Crippen LogP) is 6.21. The Morgan fingerprint density at radius 1 is 0.621 bits per heavy atom. The summed E-state index contributed by atoms with van der Waals surface area (Å²) in [6.45, 7) is 0. The zero-order valence-electron chi connectivity index (χ0n) is 14.1. The summed E-state index contributed by atoms with van der Waals surface area (Å²) in [5.74, 6) is -0.138. The van der Waals surface area contributed by atoms with Crippen molar-refractivity contribution in [3.05, 3.63) is 60.1 Å². The summed E-state index contributed by atoms with van der Waals surface area (Å²) in [6, 6.07) is 6.03. The van der Waals surface area contributed by atoms with Crippen molar-refractivity contribution >= 4 is 29.6 Å². The third-order valence-electron chi connectivity index (χ3n) is 4.12. The summed E-state index contributed by atoms with van der Waals surface area (Å²) in [4.78, 5) is 0. The van der Waals surface area contributed by atoms with Gasteiger partial charge in [-0.25, -0.2) is 0 Å². The van der Waals surface area contributed by atoms with Gasteiger partial charge in [-0.05, 0) is 36.4 Å². The van der Waals surface area contributed by atoms with Crippen LogP contribution in [0.25, 0.3) is 21.9 Å². The Bertz CT molecular complexity index is 1080. The van der Waals surface area contributed by atoms with E-state index in [4.69, 9.17) is 18.1 Å². The molecule has 11 heteroatoms. The van der Waals surface area contributed by atoms with E-state index in [9.17, 15) is 26.3 Å². The van der Waals surface area contributed by atoms with Crippen LogP contribution in [0.4, 0.5) is 26.3 Å². The second-order valence-electron chi connectivity index (χ2n) is 5.88. The van der Waals surface area contributed by atoms with E-state index in [1.165, 1.54) is 0 Å². The van der Waals surface area contributed by atoms with E-state index in [2.05, 4.69) is 0 Å². The first-order valence-electron chi connectivity index (χ1n) is 7.96. The highest BCUT2D eigenvalue weighted by Crippen LogP contribution is 2.40. The molecule has 4 nitrogen and oxygen atoms in total. The maximum absolute atomic E-state index is 13.0. The van der Waals surface area contributed by atoms with Crippen molar-refractivity contribution in [2.24, 2.45) is 0 Å². The van der Waals surface area contributed by atoms with Gasteiger partial charge in [0.1, 0.15) is 11.5 Å². The molecule has 0 bridgehead atoms. The summed E-state index contributed by atoms with van der Waals surface area (Å²) in [6.07, 6.45) is -7.00. The molecule has 1 radical (unpaired) electrons. The normalized spacial score (nSPS) is 12.5. The second kappa shape index (κ2) is 6.68. The van der Waals surface area contributed by atoms with Gasteiger partial charge < -0.3 is 18.1 Å². The van der Waals surface area contributed by atoms with E-state index in [-0.39, 0.29) is 33.4 Å². The smallest absolute Gasteiger partial charge is 0.524 e. The van der Waals surface area contributed by atoms with Crippen molar-refractivity contribution in [3.63, 3.8) is 0 Å². The molecule has 2 aromatic heterocycles. The van der Waals surface area contributed by atoms with Gasteiger partial charge in [-0.2, -0.15) is 26.3 Å². The minimum atomic E-state index is -4.58. The largest absolute Gasteiger partial charge is 0.658 e. The van der Waals surface area contributed by atoms with Crippen molar-refractivity contribution in [1.82, 2.24) is 0 Å². The number of alkyl halides is 6. The Balaban J connectivity index is 1.56. The maximum Gasteiger partial charge on any atom is 0.658 e. The molecule has 29 heavy (non-hydrogen) atoms. The Kier molecular flexibility index (Phi) is 4.40. The lowest BCUT2D eigenvalue weighted by Gasteiger charge is -2.12. The van der Waals surface area contributed by atoms with E-state index in [0.717, 1.165) is 56.6 Å². The molecule has 0 aliphatic rings. The van der Waals surface area contributed by atoms with E-state index in [1.807, 2.05) is 0 Å². The van der Waals surface area contributed by atoms with Crippen molar-refractivity contribution in [1.29, 1.82) is 0 Å². The van der Waals surface area contributed by atoms with Crippen LogP contribution in [0.1, 0.15) is 11.1 Å². The summed E-state index contributed by atoms with van der Waals surface area (Å²) >= 11 is 0. The van der Waals surface area contributed by atoms with E-state index in [0.29, 0.717) is 0 Å². The molecule has 4 aromatic rings. The number of benzene rings is 2. The quantitative estimate of drug-likeness (QED) is 0.295. The Morgan fingerprint density at radius 3 is 1.41 bits per heavy atom. The summed E-state index contributed by atoms with van der Waals surface area (Å²) in [5.41, 5.74) is -2.10. The predicted molar refractivity (Wildman–Crippen MR) is 89.4 cm³/mol. The number of fused-ring (bicyclic) bond motifs is 2. The Labute approximate surface area is 158 Å². The van der Waals surface area contributed by atoms with E-state index >= 15 is 0 Å². The molecular formula is C18H8BF6O4. The summed E-state index contributed by atoms with van der Waals surface area (Å²) in [7, 11) is 0.759. The van der Waals surface area contributed by atoms with Crippen LogP contribution in [0.2, 0.25) is 0 Å². The Morgan fingerprint density at radius 2 is 1.03 bits per heavy atom. The number of rotatable bonds is 4. The molecule has 0 saturated carbocycles. The van der Waals surface area contributed by atoms with Crippen molar-refractivity contribution in [2.75, 3.05) is 0 Å².